The Kier molecular flexibility index (Phi) is 15.1. The van der Waals surface area contributed by atoms with Crippen molar-refractivity contribution in [1.82, 2.24) is 4.90 Å². The van der Waals surface area contributed by atoms with Crippen LogP contribution in [-0.4, -0.2) is 30.4 Å². The fourth-order valence-electron chi connectivity index (χ4n) is 5.62. The Hall–Kier alpha value is -3.70. The molecule has 2 aliphatic rings. The van der Waals surface area contributed by atoms with Gasteiger partial charge in [-0.05, 0) is 113 Å². The van der Waals surface area contributed by atoms with Crippen LogP contribution in [0, 0.1) is 5.82 Å². The average molecular weight is 600 g/mol. The van der Waals surface area contributed by atoms with Crippen molar-refractivity contribution in [1.29, 1.82) is 0 Å². The molecule has 238 valence electrons. The van der Waals surface area contributed by atoms with E-state index in [0.29, 0.717) is 25.2 Å². The summed E-state index contributed by atoms with van der Waals surface area (Å²) >= 11 is 0. The second-order valence-electron chi connectivity index (χ2n) is 11.3. The van der Waals surface area contributed by atoms with E-state index < -0.39 is 5.41 Å². The molecule has 5 heteroatoms. The number of amides is 1. The number of carbonyl (C=O) groups excluding carboxylic acids is 1. The van der Waals surface area contributed by atoms with Gasteiger partial charge in [-0.15, -0.1) is 0 Å². The van der Waals surface area contributed by atoms with Crippen LogP contribution >= 0.6 is 0 Å². The van der Waals surface area contributed by atoms with Crippen molar-refractivity contribution >= 4 is 11.6 Å². The molecule has 1 amide bonds. The predicted octanol–water partition coefficient (Wildman–Crippen LogP) is 9.61. The molecule has 4 nitrogen and oxygen atoms in total. The smallest absolute Gasteiger partial charge is 0.242 e. The van der Waals surface area contributed by atoms with Crippen LogP contribution in [0.15, 0.2) is 114 Å². The maximum Gasteiger partial charge on any atom is 0.242 e. The molecule has 3 rings (SSSR count). The molecule has 0 aromatic heterocycles. The van der Waals surface area contributed by atoms with Crippen LogP contribution in [0.4, 0.5) is 10.1 Å². The van der Waals surface area contributed by atoms with Crippen LogP contribution in [0.5, 0.6) is 0 Å². The van der Waals surface area contributed by atoms with E-state index in [4.69, 9.17) is 5.73 Å². The molecule has 0 saturated heterocycles. The summed E-state index contributed by atoms with van der Waals surface area (Å²) < 4.78 is 14.6. The van der Waals surface area contributed by atoms with E-state index in [2.05, 4.69) is 49.6 Å². The third-order valence-corrected chi connectivity index (χ3v) is 8.04. The molecule has 1 atom stereocenters. The fourth-order valence-corrected chi connectivity index (χ4v) is 5.62. The van der Waals surface area contributed by atoms with Crippen molar-refractivity contribution in [3.63, 3.8) is 0 Å². The molecule has 1 aromatic rings. The molecule has 1 heterocycles. The highest BCUT2D eigenvalue weighted by Gasteiger charge is 2.48. The number of fused-ring (bicyclic) bond motifs is 1. The summed E-state index contributed by atoms with van der Waals surface area (Å²) in [6.07, 6.45) is 24.5. The van der Waals surface area contributed by atoms with Crippen LogP contribution in [-0.2, 0) is 10.2 Å². The first-order valence-electron chi connectivity index (χ1n) is 16.2. The highest BCUT2D eigenvalue weighted by Crippen LogP contribution is 2.46. The summed E-state index contributed by atoms with van der Waals surface area (Å²) in [6.45, 7) is 20.4. The first kappa shape index (κ1) is 36.5. The van der Waals surface area contributed by atoms with E-state index in [1.807, 2.05) is 65.0 Å². The third kappa shape index (κ3) is 9.15. The molecule has 0 bridgehead atoms. The lowest BCUT2D eigenvalue weighted by molar-refractivity contribution is -0.122. The number of benzene rings is 1. The van der Waals surface area contributed by atoms with Crippen LogP contribution in [0.2, 0.25) is 0 Å². The molecule has 1 aliphatic heterocycles. The number of hydrogen-bond acceptors (Lipinski definition) is 3. The lowest BCUT2D eigenvalue weighted by Gasteiger charge is -2.29. The van der Waals surface area contributed by atoms with Crippen molar-refractivity contribution in [2.45, 2.75) is 86.0 Å². The number of allylic oxidation sites excluding steroid dienone is 13. The first-order valence-corrected chi connectivity index (χ1v) is 16.2. The maximum atomic E-state index is 14.6. The SMILES string of the molecule is C=C/C=C(\C=C/CC)C1=C/C=C(N2C(=O)C(C)(CCN(CCC)C/C(N)=C(C)/C=C\C)c3ccc(F)cc32)\C=C/CC\1.CC. The summed E-state index contributed by atoms with van der Waals surface area (Å²) in [5.74, 6) is -0.388. The van der Waals surface area contributed by atoms with Gasteiger partial charge in [0.05, 0.1) is 11.1 Å². The zero-order valence-corrected chi connectivity index (χ0v) is 28.1. The maximum absolute atomic E-state index is 14.6. The van der Waals surface area contributed by atoms with Crippen molar-refractivity contribution in [3.8, 4) is 0 Å². The number of nitrogens with two attached hydrogens (primary N) is 1. The minimum absolute atomic E-state index is 0.0349. The van der Waals surface area contributed by atoms with E-state index in [1.54, 1.807) is 17.0 Å². The quantitative estimate of drug-likeness (QED) is 0.230. The van der Waals surface area contributed by atoms with E-state index >= 15 is 0 Å². The van der Waals surface area contributed by atoms with Crippen LogP contribution in [0.3, 0.4) is 0 Å². The number of nitrogens with zero attached hydrogens (tertiary/aromatic N) is 2. The molecule has 44 heavy (non-hydrogen) atoms. The van der Waals surface area contributed by atoms with E-state index in [1.165, 1.54) is 17.7 Å². The van der Waals surface area contributed by atoms with Gasteiger partial charge in [0.15, 0.2) is 0 Å². The first-order chi connectivity index (χ1) is 21.2. The fraction of sp³-hybridized carbons (Fsp3) is 0.410. The number of hydrogen-bond donors (Lipinski definition) is 1. The Morgan fingerprint density at radius 2 is 1.93 bits per heavy atom. The summed E-state index contributed by atoms with van der Waals surface area (Å²) in [6, 6.07) is 4.74. The monoisotopic (exact) mass is 599 g/mol. The number of carbonyl (C=O) groups is 1. The Morgan fingerprint density at radius 3 is 2.59 bits per heavy atom. The zero-order valence-electron chi connectivity index (χ0n) is 28.1. The molecule has 0 fully saturated rings. The van der Waals surface area contributed by atoms with Gasteiger partial charge in [-0.2, -0.15) is 0 Å². The molecule has 2 N–H and O–H groups in total. The number of rotatable bonds is 13. The lowest BCUT2D eigenvalue weighted by atomic mass is 9.80. The van der Waals surface area contributed by atoms with Crippen molar-refractivity contribution in [2.75, 3.05) is 24.5 Å². The van der Waals surface area contributed by atoms with Gasteiger partial charge < -0.3 is 5.73 Å². The molecular formula is C39H54FN3O. The Bertz CT molecular complexity index is 1360. The van der Waals surface area contributed by atoms with Gasteiger partial charge in [-0.1, -0.05) is 88.9 Å². The summed E-state index contributed by atoms with van der Waals surface area (Å²) in [5.41, 5.74) is 12.0. The van der Waals surface area contributed by atoms with Crippen molar-refractivity contribution in [2.24, 2.45) is 5.73 Å². The molecular weight excluding hydrogens is 545 g/mol. The van der Waals surface area contributed by atoms with Crippen LogP contribution < -0.4 is 10.6 Å². The molecule has 0 saturated carbocycles. The Balaban J connectivity index is 0.00000330. The van der Waals surface area contributed by atoms with Gasteiger partial charge in [-0.3, -0.25) is 14.6 Å². The van der Waals surface area contributed by atoms with Gasteiger partial charge in [0.1, 0.15) is 5.82 Å². The third-order valence-electron chi connectivity index (χ3n) is 8.04. The Labute approximate surface area is 266 Å². The van der Waals surface area contributed by atoms with Crippen LogP contribution in [0.25, 0.3) is 0 Å². The van der Waals surface area contributed by atoms with E-state index in [-0.39, 0.29) is 11.7 Å². The van der Waals surface area contributed by atoms with E-state index in [0.717, 1.165) is 60.3 Å². The highest BCUT2D eigenvalue weighted by molar-refractivity contribution is 6.10. The average Bonchev–Trinajstić information content (AvgIpc) is 3.21. The van der Waals surface area contributed by atoms with Crippen LogP contribution in [0.1, 0.15) is 86.1 Å². The topological polar surface area (TPSA) is 49.6 Å². The lowest BCUT2D eigenvalue weighted by Crippen LogP contribution is -2.41. The summed E-state index contributed by atoms with van der Waals surface area (Å²) in [7, 11) is 0. The van der Waals surface area contributed by atoms with Gasteiger partial charge >= 0.3 is 0 Å². The standard InChI is InChI=1S/C37H48FN3O.C2H6/c1-7-11-16-29(15-9-3)30-17-12-13-18-32(21-19-30)41-35-26-31(38)20-22-33(35)37(6,36(41)42)23-25-40(24-10-4)27-34(39)28(5)14-8-2;1-2/h8-9,11,13-16,18-22,26H,3,7,10,12,17,23-25,27,39H2,1-2,4-6H3;1-2H3/b14-8-,16-11-,18-13-,29-15+,30-19+,32-21+,34-28-;. The minimum atomic E-state index is -0.798. The molecule has 1 unspecified atom stereocenters. The largest absolute Gasteiger partial charge is 0.401 e. The molecule has 1 aromatic carbocycles. The predicted molar refractivity (Wildman–Crippen MR) is 188 cm³/mol. The van der Waals surface area contributed by atoms with Gasteiger partial charge in [0.25, 0.3) is 0 Å². The van der Waals surface area contributed by atoms with E-state index in [9.17, 15) is 9.18 Å². The van der Waals surface area contributed by atoms with Crippen molar-refractivity contribution < 1.29 is 9.18 Å². The summed E-state index contributed by atoms with van der Waals surface area (Å²) in [4.78, 5) is 18.4. The zero-order chi connectivity index (χ0) is 32.7. The Morgan fingerprint density at radius 1 is 1.18 bits per heavy atom. The summed E-state index contributed by atoms with van der Waals surface area (Å²) in [5, 5.41) is 0. The minimum Gasteiger partial charge on any atom is -0.401 e. The normalized spacial score (nSPS) is 22.4. The van der Waals surface area contributed by atoms with Gasteiger partial charge in [0, 0.05) is 17.9 Å². The highest BCUT2D eigenvalue weighted by atomic mass is 19.1. The molecule has 1 aliphatic carbocycles. The van der Waals surface area contributed by atoms with Gasteiger partial charge in [0.2, 0.25) is 5.91 Å². The number of anilines is 1. The van der Waals surface area contributed by atoms with Crippen molar-refractivity contribution in [3.05, 3.63) is 125 Å². The second-order valence-corrected chi connectivity index (χ2v) is 11.3. The molecule has 0 spiro atoms. The van der Waals surface area contributed by atoms with Gasteiger partial charge in [-0.25, -0.2) is 4.39 Å². The number of halogens is 1. The molecule has 0 radical (unpaired) electrons. The second kappa shape index (κ2) is 18.2.